The number of ether oxygens (including phenoxy) is 1. The van der Waals surface area contributed by atoms with E-state index >= 15 is 0 Å². The number of nitrogens with zero attached hydrogens (tertiary/aromatic N) is 3. The molecule has 0 bridgehead atoms. The number of amides is 2. The fourth-order valence-corrected chi connectivity index (χ4v) is 2.96. The number of aryl methyl sites for hydroxylation is 1. The predicted molar refractivity (Wildman–Crippen MR) is 92.4 cm³/mol. The number of imidazole rings is 1. The van der Waals surface area contributed by atoms with Crippen LogP contribution in [0.25, 0.3) is 0 Å². The molecule has 1 N–H and O–H groups in total. The molecule has 0 spiro atoms. The zero-order valence-corrected chi connectivity index (χ0v) is 14.7. The van der Waals surface area contributed by atoms with Crippen molar-refractivity contribution in [3.8, 4) is 5.75 Å². The molecule has 2 aromatic rings. The molecule has 3 rings (SSSR count). The van der Waals surface area contributed by atoms with Crippen LogP contribution in [0, 0.1) is 13.8 Å². The molecule has 2 heterocycles. The molecule has 1 aromatic heterocycles. The van der Waals surface area contributed by atoms with E-state index < -0.39 is 0 Å². The lowest BCUT2D eigenvalue weighted by molar-refractivity contribution is -0.131. The Morgan fingerprint density at radius 1 is 1.28 bits per heavy atom. The number of carbonyl (C=O) groups excluding carboxylic acids is 2. The van der Waals surface area contributed by atoms with Crippen LogP contribution in [0.3, 0.4) is 0 Å². The summed E-state index contributed by atoms with van der Waals surface area (Å²) in [5.41, 5.74) is 2.61. The first-order valence-electron chi connectivity index (χ1n) is 8.22. The third-order valence-electron chi connectivity index (χ3n) is 4.55. The Morgan fingerprint density at radius 3 is 2.84 bits per heavy atom. The Labute approximate surface area is 146 Å². The molecule has 7 nitrogen and oxygen atoms in total. The molecule has 0 radical (unpaired) electrons. The summed E-state index contributed by atoms with van der Waals surface area (Å²) in [5.74, 6) is 1.10. The molecular formula is C18H22N4O3. The third-order valence-corrected chi connectivity index (χ3v) is 4.55. The summed E-state index contributed by atoms with van der Waals surface area (Å²) in [6.07, 6.45) is 0. The number of fused-ring (bicyclic) bond motifs is 1. The van der Waals surface area contributed by atoms with E-state index in [1.165, 1.54) is 0 Å². The maximum Gasteiger partial charge on any atom is 0.251 e. The van der Waals surface area contributed by atoms with Crippen LogP contribution >= 0.6 is 0 Å². The maximum absolute atomic E-state index is 12.4. The summed E-state index contributed by atoms with van der Waals surface area (Å²) in [6, 6.07) is 6.83. The Hall–Kier alpha value is -2.83. The minimum absolute atomic E-state index is 0.0330. The maximum atomic E-state index is 12.4. The molecule has 0 aliphatic carbocycles. The fourth-order valence-electron chi connectivity index (χ4n) is 2.96. The van der Waals surface area contributed by atoms with Crippen molar-refractivity contribution in [1.82, 2.24) is 19.8 Å². The van der Waals surface area contributed by atoms with Gasteiger partial charge in [0, 0.05) is 24.3 Å². The lowest BCUT2D eigenvalue weighted by atomic mass is 10.2. The van der Waals surface area contributed by atoms with E-state index in [0.29, 0.717) is 24.4 Å². The van der Waals surface area contributed by atoms with Crippen LogP contribution in [-0.2, 0) is 17.9 Å². The summed E-state index contributed by atoms with van der Waals surface area (Å²) in [4.78, 5) is 30.8. The van der Waals surface area contributed by atoms with Gasteiger partial charge in [-0.3, -0.25) is 9.59 Å². The lowest BCUT2D eigenvalue weighted by Crippen LogP contribution is -2.44. The van der Waals surface area contributed by atoms with E-state index in [1.54, 1.807) is 36.3 Å². The zero-order valence-electron chi connectivity index (χ0n) is 14.7. The van der Waals surface area contributed by atoms with Crippen LogP contribution in [0.5, 0.6) is 5.75 Å². The average molecular weight is 342 g/mol. The first-order valence-corrected chi connectivity index (χ1v) is 8.22. The number of methoxy groups -OCH3 is 1. The normalized spacial score (nSPS) is 13.3. The molecule has 0 saturated carbocycles. The van der Waals surface area contributed by atoms with Crippen molar-refractivity contribution >= 4 is 11.8 Å². The second kappa shape index (κ2) is 6.96. The summed E-state index contributed by atoms with van der Waals surface area (Å²) < 4.78 is 7.25. The highest BCUT2D eigenvalue weighted by atomic mass is 16.5. The Balaban J connectivity index is 1.58. The lowest BCUT2D eigenvalue weighted by Gasteiger charge is -2.28. The number of benzene rings is 1. The molecule has 2 amide bonds. The van der Waals surface area contributed by atoms with Crippen molar-refractivity contribution in [3.05, 3.63) is 47.0 Å². The van der Waals surface area contributed by atoms with Crippen LogP contribution < -0.4 is 10.1 Å². The van der Waals surface area contributed by atoms with Gasteiger partial charge in [-0.2, -0.15) is 0 Å². The van der Waals surface area contributed by atoms with Crippen molar-refractivity contribution in [3.63, 3.8) is 0 Å². The van der Waals surface area contributed by atoms with Crippen LogP contribution in [0.1, 0.15) is 27.6 Å². The van der Waals surface area contributed by atoms with Gasteiger partial charge in [-0.25, -0.2) is 4.98 Å². The summed E-state index contributed by atoms with van der Waals surface area (Å²) in [5, 5.41) is 2.67. The molecule has 1 aliphatic heterocycles. The molecule has 25 heavy (non-hydrogen) atoms. The van der Waals surface area contributed by atoms with Gasteiger partial charge in [0.05, 0.1) is 25.9 Å². The van der Waals surface area contributed by atoms with Gasteiger partial charge in [0.15, 0.2) is 0 Å². The van der Waals surface area contributed by atoms with Crippen molar-refractivity contribution in [1.29, 1.82) is 0 Å². The van der Waals surface area contributed by atoms with Gasteiger partial charge in [0.2, 0.25) is 5.91 Å². The van der Waals surface area contributed by atoms with E-state index in [-0.39, 0.29) is 18.4 Å². The van der Waals surface area contributed by atoms with Crippen molar-refractivity contribution in [2.75, 3.05) is 20.2 Å². The van der Waals surface area contributed by atoms with E-state index in [2.05, 4.69) is 14.9 Å². The Bertz CT molecular complexity index is 813. The Kier molecular flexibility index (Phi) is 4.74. The topological polar surface area (TPSA) is 76.5 Å². The molecule has 0 atom stereocenters. The van der Waals surface area contributed by atoms with Gasteiger partial charge in [-0.05, 0) is 32.0 Å². The van der Waals surface area contributed by atoms with Crippen LogP contribution in [0.2, 0.25) is 0 Å². The number of hydrogen-bond donors (Lipinski definition) is 1. The highest BCUT2D eigenvalue weighted by molar-refractivity contribution is 5.96. The molecule has 0 fully saturated rings. The van der Waals surface area contributed by atoms with Gasteiger partial charge in [-0.15, -0.1) is 0 Å². The smallest absolute Gasteiger partial charge is 0.251 e. The third kappa shape index (κ3) is 3.50. The van der Waals surface area contributed by atoms with Crippen molar-refractivity contribution in [2.45, 2.75) is 26.9 Å². The Morgan fingerprint density at radius 2 is 2.08 bits per heavy atom. The predicted octanol–water partition coefficient (Wildman–Crippen LogP) is 1.28. The van der Waals surface area contributed by atoms with E-state index in [9.17, 15) is 9.59 Å². The van der Waals surface area contributed by atoms with Gasteiger partial charge in [0.25, 0.3) is 5.91 Å². The molecule has 1 aromatic carbocycles. The number of nitrogens with one attached hydrogen (secondary N) is 1. The molecular weight excluding hydrogens is 320 g/mol. The number of hydrogen-bond acceptors (Lipinski definition) is 4. The average Bonchev–Trinajstić information content (AvgIpc) is 2.92. The summed E-state index contributed by atoms with van der Waals surface area (Å²) >= 11 is 0. The van der Waals surface area contributed by atoms with Gasteiger partial charge >= 0.3 is 0 Å². The minimum Gasteiger partial charge on any atom is -0.497 e. The second-order valence-corrected chi connectivity index (χ2v) is 6.08. The first kappa shape index (κ1) is 17.0. The van der Waals surface area contributed by atoms with Crippen molar-refractivity contribution < 1.29 is 14.3 Å². The first-order chi connectivity index (χ1) is 12.0. The molecule has 132 valence electrons. The second-order valence-electron chi connectivity index (χ2n) is 6.08. The van der Waals surface area contributed by atoms with Gasteiger partial charge in [0.1, 0.15) is 11.6 Å². The number of aromatic nitrogens is 2. The van der Waals surface area contributed by atoms with Crippen LogP contribution in [0.4, 0.5) is 0 Å². The summed E-state index contributed by atoms with van der Waals surface area (Å²) in [6.45, 7) is 5.81. The monoisotopic (exact) mass is 342 g/mol. The van der Waals surface area contributed by atoms with Crippen LogP contribution in [0.15, 0.2) is 24.3 Å². The van der Waals surface area contributed by atoms with E-state index in [1.807, 2.05) is 13.8 Å². The number of carbonyl (C=O) groups is 2. The molecule has 0 saturated heterocycles. The van der Waals surface area contributed by atoms with Gasteiger partial charge in [-0.1, -0.05) is 6.07 Å². The highest BCUT2D eigenvalue weighted by Crippen LogP contribution is 2.17. The van der Waals surface area contributed by atoms with E-state index in [4.69, 9.17) is 4.74 Å². The van der Waals surface area contributed by atoms with Crippen molar-refractivity contribution in [2.24, 2.45) is 0 Å². The SMILES string of the molecule is COc1cccc(C(=O)NCC(=O)N2CCn3c(nc(C)c3C)C2)c1. The van der Waals surface area contributed by atoms with E-state index in [0.717, 1.165) is 23.8 Å². The standard InChI is InChI=1S/C18H22N4O3/c1-12-13(2)22-8-7-21(11-16(22)20-12)17(23)10-19-18(24)14-5-4-6-15(9-14)25-3/h4-6,9H,7-8,10-11H2,1-3H3,(H,19,24). The fraction of sp³-hybridized carbons (Fsp3) is 0.389. The minimum atomic E-state index is -0.294. The number of rotatable bonds is 4. The highest BCUT2D eigenvalue weighted by Gasteiger charge is 2.24. The molecule has 7 heteroatoms. The van der Waals surface area contributed by atoms with Gasteiger partial charge < -0.3 is 19.5 Å². The molecule has 1 aliphatic rings. The molecule has 0 unspecified atom stereocenters. The quantitative estimate of drug-likeness (QED) is 0.908. The summed E-state index contributed by atoms with van der Waals surface area (Å²) in [7, 11) is 1.55. The zero-order chi connectivity index (χ0) is 18.0. The largest absolute Gasteiger partial charge is 0.497 e. The van der Waals surface area contributed by atoms with Crippen LogP contribution in [-0.4, -0.2) is 46.5 Å².